The van der Waals surface area contributed by atoms with Crippen LogP contribution in [0, 0.1) is 0 Å². The van der Waals surface area contributed by atoms with E-state index in [9.17, 15) is 0 Å². The van der Waals surface area contributed by atoms with Gasteiger partial charge in [0, 0.05) is 17.2 Å². The van der Waals surface area contributed by atoms with Crippen molar-refractivity contribution in [1.29, 1.82) is 0 Å². The molecule has 0 heterocycles. The molecule has 0 aliphatic carbocycles. The minimum absolute atomic E-state index is 0.0310. The highest BCUT2D eigenvalue weighted by Gasteiger charge is 2.49. The molecule has 0 rings (SSSR count). The summed E-state index contributed by atoms with van der Waals surface area (Å²) in [7, 11) is -3.18. The highest BCUT2D eigenvalue weighted by molar-refractivity contribution is 7.86. The van der Waals surface area contributed by atoms with Crippen LogP contribution in [0.1, 0.15) is 59.3 Å². The third-order valence-electron chi connectivity index (χ3n) is 3.85. The lowest BCUT2D eigenvalue weighted by atomic mass is 10.4. The summed E-state index contributed by atoms with van der Waals surface area (Å²) >= 11 is 5.15. The Morgan fingerprint density at radius 2 is 1.35 bits per heavy atom. The molecule has 0 saturated carbocycles. The van der Waals surface area contributed by atoms with Crippen LogP contribution in [0.2, 0.25) is 19.6 Å². The smallest absolute Gasteiger partial charge is 0.334 e. The van der Waals surface area contributed by atoms with Gasteiger partial charge in [0.05, 0.1) is 8.07 Å². The molecule has 2 nitrogen and oxygen atoms in total. The maximum atomic E-state index is 6.25. The van der Waals surface area contributed by atoms with Crippen molar-refractivity contribution in [2.24, 2.45) is 0 Å². The Balaban J connectivity index is 4.88. The zero-order valence-electron chi connectivity index (χ0n) is 14.5. The molecule has 0 spiro atoms. The van der Waals surface area contributed by atoms with Gasteiger partial charge in [0.1, 0.15) is 0 Å². The summed E-state index contributed by atoms with van der Waals surface area (Å²) < 4.78 is 12.5. The molecule has 122 valence electrons. The Morgan fingerprint density at radius 3 is 1.65 bits per heavy atom. The molecule has 0 aromatic heterocycles. The monoisotopic (exact) mass is 336 g/mol. The highest BCUT2D eigenvalue weighted by Crippen LogP contribution is 2.36. The van der Waals surface area contributed by atoms with Crippen molar-refractivity contribution in [3.63, 3.8) is 0 Å². The first-order valence-electron chi connectivity index (χ1n) is 8.29. The molecule has 0 amide bonds. The summed E-state index contributed by atoms with van der Waals surface area (Å²) in [5.74, 6) is 0. The van der Waals surface area contributed by atoms with Gasteiger partial charge in [-0.15, -0.1) is 0 Å². The van der Waals surface area contributed by atoms with Gasteiger partial charge in [0.2, 0.25) is 0 Å². The third-order valence-corrected chi connectivity index (χ3v) is 15.0. The van der Waals surface area contributed by atoms with E-state index in [1.807, 2.05) is 0 Å². The Bertz CT molecular complexity index is 237. The molecule has 0 aliphatic heterocycles. The number of hydrogen-bond donors (Lipinski definition) is 1. The SMILES string of the molecule is CCCCO[SiH](OCCCC)[C@](S)(CCC)[Si](C)(C)C. The predicted octanol–water partition coefficient (Wildman–Crippen LogP) is 4.73. The maximum absolute atomic E-state index is 6.25. The zero-order chi connectivity index (χ0) is 15.6. The molecule has 0 aromatic carbocycles. The van der Waals surface area contributed by atoms with Crippen molar-refractivity contribution in [2.45, 2.75) is 82.9 Å². The molecular formula is C15H36O2SSi2. The Hall–Kier alpha value is 0.704. The zero-order valence-corrected chi connectivity index (χ0v) is 17.5. The fourth-order valence-corrected chi connectivity index (χ4v) is 9.15. The lowest BCUT2D eigenvalue weighted by molar-refractivity contribution is 0.185. The average Bonchev–Trinajstić information content (AvgIpc) is 2.36. The van der Waals surface area contributed by atoms with Crippen LogP contribution in [0.4, 0.5) is 0 Å². The molecule has 0 N–H and O–H groups in total. The maximum Gasteiger partial charge on any atom is 0.334 e. The number of rotatable bonds is 12. The van der Waals surface area contributed by atoms with Gasteiger partial charge in [0.15, 0.2) is 0 Å². The number of hydrogen-bond acceptors (Lipinski definition) is 3. The van der Waals surface area contributed by atoms with Crippen LogP contribution in [0.5, 0.6) is 0 Å². The van der Waals surface area contributed by atoms with Crippen LogP contribution in [-0.2, 0) is 8.85 Å². The van der Waals surface area contributed by atoms with Gasteiger partial charge in [0.25, 0.3) is 0 Å². The summed E-state index contributed by atoms with van der Waals surface area (Å²) in [6.45, 7) is 15.6. The minimum atomic E-state index is -1.74. The van der Waals surface area contributed by atoms with E-state index in [2.05, 4.69) is 40.4 Å². The Kier molecular flexibility index (Phi) is 10.8. The first-order valence-corrected chi connectivity index (χ1v) is 13.8. The second-order valence-corrected chi connectivity index (χ2v) is 16.7. The van der Waals surface area contributed by atoms with Crippen molar-refractivity contribution in [3.8, 4) is 0 Å². The Labute approximate surface area is 135 Å². The van der Waals surface area contributed by atoms with Crippen LogP contribution < -0.4 is 0 Å². The van der Waals surface area contributed by atoms with Gasteiger partial charge < -0.3 is 8.85 Å². The molecule has 0 radical (unpaired) electrons. The van der Waals surface area contributed by atoms with Crippen molar-refractivity contribution in [1.82, 2.24) is 0 Å². The summed E-state index contributed by atoms with van der Waals surface area (Å²) in [6.07, 6.45) is 6.89. The quantitative estimate of drug-likeness (QED) is 0.316. The van der Waals surface area contributed by atoms with E-state index < -0.39 is 17.4 Å². The first kappa shape index (κ1) is 20.7. The van der Waals surface area contributed by atoms with Crippen LogP contribution in [0.15, 0.2) is 0 Å². The van der Waals surface area contributed by atoms with Crippen molar-refractivity contribution >= 4 is 30.0 Å². The van der Waals surface area contributed by atoms with Crippen LogP contribution in [0.25, 0.3) is 0 Å². The van der Waals surface area contributed by atoms with Gasteiger partial charge in [-0.25, -0.2) is 0 Å². The molecule has 1 atom stereocenters. The predicted molar refractivity (Wildman–Crippen MR) is 98.8 cm³/mol. The minimum Gasteiger partial charge on any atom is -0.396 e. The van der Waals surface area contributed by atoms with E-state index in [4.69, 9.17) is 21.5 Å². The summed E-state index contributed by atoms with van der Waals surface area (Å²) in [6, 6.07) is 0. The molecule has 0 aromatic rings. The van der Waals surface area contributed by atoms with E-state index in [0.29, 0.717) is 0 Å². The molecule has 0 unspecified atom stereocenters. The average molecular weight is 337 g/mol. The summed E-state index contributed by atoms with van der Waals surface area (Å²) in [4.78, 5) is 0. The fourth-order valence-electron chi connectivity index (χ4n) is 2.22. The van der Waals surface area contributed by atoms with Gasteiger partial charge in [-0.3, -0.25) is 0 Å². The number of unbranched alkanes of at least 4 members (excludes halogenated alkanes) is 2. The highest BCUT2D eigenvalue weighted by atomic mass is 32.1. The Morgan fingerprint density at radius 1 is 0.900 bits per heavy atom. The molecule has 0 bridgehead atoms. The van der Waals surface area contributed by atoms with E-state index in [1.54, 1.807) is 0 Å². The molecule has 0 saturated heterocycles. The first-order chi connectivity index (χ1) is 9.33. The lowest BCUT2D eigenvalue weighted by Gasteiger charge is -2.43. The van der Waals surface area contributed by atoms with Gasteiger partial charge >= 0.3 is 9.28 Å². The molecule has 20 heavy (non-hydrogen) atoms. The molecular weight excluding hydrogens is 300 g/mol. The van der Waals surface area contributed by atoms with E-state index >= 15 is 0 Å². The largest absolute Gasteiger partial charge is 0.396 e. The topological polar surface area (TPSA) is 18.5 Å². The summed E-state index contributed by atoms with van der Waals surface area (Å²) in [5.41, 5.74) is 0. The van der Waals surface area contributed by atoms with E-state index in [1.165, 1.54) is 12.8 Å². The molecule has 5 heteroatoms. The molecule has 0 aliphatic rings. The number of thiol groups is 1. The molecule has 0 fully saturated rings. The lowest BCUT2D eigenvalue weighted by Crippen LogP contribution is -2.61. The third kappa shape index (κ3) is 6.64. The van der Waals surface area contributed by atoms with Crippen molar-refractivity contribution in [2.75, 3.05) is 13.2 Å². The van der Waals surface area contributed by atoms with Crippen LogP contribution in [-0.4, -0.2) is 34.6 Å². The standard InChI is InChI=1S/C15H36O2SSi2/c1-7-10-13-16-19(17-14-11-8-2)15(18,12-9-3)20(4,5)6/h18-19H,7-14H2,1-6H3/t15-/m1/s1. The van der Waals surface area contributed by atoms with Crippen LogP contribution >= 0.6 is 12.6 Å². The normalized spacial score (nSPS) is 15.6. The van der Waals surface area contributed by atoms with Crippen LogP contribution in [0.3, 0.4) is 0 Å². The fraction of sp³-hybridized carbons (Fsp3) is 1.00. The van der Waals surface area contributed by atoms with Gasteiger partial charge in [-0.1, -0.05) is 59.7 Å². The summed E-state index contributed by atoms with van der Waals surface area (Å²) in [5, 5.41) is 0. The second-order valence-electron chi connectivity index (χ2n) is 6.70. The van der Waals surface area contributed by atoms with Gasteiger partial charge in [-0.05, 0) is 19.3 Å². The van der Waals surface area contributed by atoms with E-state index in [-0.39, 0.29) is 3.99 Å². The van der Waals surface area contributed by atoms with E-state index in [0.717, 1.165) is 38.9 Å². The second kappa shape index (κ2) is 10.4. The van der Waals surface area contributed by atoms with Crippen molar-refractivity contribution in [3.05, 3.63) is 0 Å². The van der Waals surface area contributed by atoms with Crippen molar-refractivity contribution < 1.29 is 8.85 Å². The van der Waals surface area contributed by atoms with Gasteiger partial charge in [-0.2, -0.15) is 12.6 Å².